The van der Waals surface area contributed by atoms with Crippen molar-refractivity contribution < 1.29 is 52.9 Å². The van der Waals surface area contributed by atoms with E-state index in [2.05, 4.69) is 37.8 Å². The summed E-state index contributed by atoms with van der Waals surface area (Å²) in [6.07, 6.45) is 4.19. The monoisotopic (exact) mass is 954 g/mol. The van der Waals surface area contributed by atoms with Crippen LogP contribution in [0.25, 0.3) is 11.1 Å². The van der Waals surface area contributed by atoms with E-state index in [1.165, 1.54) is 4.90 Å². The number of urea groups is 1. The Morgan fingerprint density at radius 2 is 1.39 bits per heavy atom. The van der Waals surface area contributed by atoms with Crippen molar-refractivity contribution in [2.75, 3.05) is 38.7 Å². The number of rotatable bonds is 23. The molecule has 69 heavy (non-hydrogen) atoms. The van der Waals surface area contributed by atoms with Crippen LogP contribution < -0.4 is 37.6 Å². The van der Waals surface area contributed by atoms with Crippen LogP contribution in [0, 0.1) is 18.3 Å². The molecule has 3 aromatic carbocycles. The number of carbonyl (C=O) groups excluding carboxylic acids is 7. The highest BCUT2D eigenvalue weighted by molar-refractivity contribution is 5.99. The number of carbonyl (C=O) groups is 7. The van der Waals surface area contributed by atoms with Crippen molar-refractivity contribution in [3.8, 4) is 23.5 Å². The summed E-state index contributed by atoms with van der Waals surface area (Å²) in [7, 11) is 1.57. The summed E-state index contributed by atoms with van der Waals surface area (Å²) in [6.45, 7) is 8.32. The zero-order valence-electron chi connectivity index (χ0n) is 40.1. The molecule has 0 bridgehead atoms. The molecule has 372 valence electrons. The molecular formula is C50H66N8O11. The number of fused-ring (bicyclic) bond motifs is 3. The summed E-state index contributed by atoms with van der Waals surface area (Å²) in [5, 5.41) is 26.0. The fourth-order valence-electron chi connectivity index (χ4n) is 7.63. The van der Waals surface area contributed by atoms with Gasteiger partial charge in [0.1, 0.15) is 30.3 Å². The van der Waals surface area contributed by atoms with Crippen molar-refractivity contribution in [2.24, 2.45) is 11.7 Å². The van der Waals surface area contributed by atoms with E-state index < -0.39 is 71.7 Å². The van der Waals surface area contributed by atoms with Gasteiger partial charge in [-0.15, -0.1) is 6.42 Å². The maximum absolute atomic E-state index is 14.0. The molecule has 19 heteroatoms. The minimum Gasteiger partial charge on any atom is -0.448 e. The van der Waals surface area contributed by atoms with Gasteiger partial charge in [0, 0.05) is 38.3 Å². The topological polar surface area (TPSA) is 269 Å². The molecule has 3 aromatic rings. The fourth-order valence-corrected chi connectivity index (χ4v) is 7.63. The zero-order valence-corrected chi connectivity index (χ0v) is 40.1. The molecule has 0 radical (unpaired) electrons. The van der Waals surface area contributed by atoms with Crippen molar-refractivity contribution in [1.82, 2.24) is 31.5 Å². The van der Waals surface area contributed by atoms with Crippen molar-refractivity contribution in [3.05, 3.63) is 89.0 Å². The lowest BCUT2D eigenvalue weighted by Gasteiger charge is -2.27. The maximum atomic E-state index is 14.0. The second-order valence-electron chi connectivity index (χ2n) is 17.9. The molecule has 0 saturated carbocycles. The Hall–Kier alpha value is -7.33. The SMILES string of the molecule is C#CCOC(=O)N[C@@H](CCCCNC(=O)OC(C)(C)C)C(=O)N[C@H](C(=O)N[C@@H](CCCNC(N)=O)C(=O)Nc1ccc(CO)c(CN(C)C(=O)OCC2c3ccccc3-c3ccccc32)c1)C(C)C. The van der Waals surface area contributed by atoms with E-state index in [-0.39, 0.29) is 64.6 Å². The third kappa shape index (κ3) is 17.1. The highest BCUT2D eigenvalue weighted by Gasteiger charge is 2.33. The zero-order chi connectivity index (χ0) is 50.7. The van der Waals surface area contributed by atoms with Gasteiger partial charge in [-0.05, 0) is 104 Å². The van der Waals surface area contributed by atoms with Crippen LogP contribution >= 0.6 is 0 Å². The van der Waals surface area contributed by atoms with Crippen LogP contribution in [-0.2, 0) is 41.7 Å². The Kier molecular flexibility index (Phi) is 20.7. The quantitative estimate of drug-likeness (QED) is 0.0356. The number of primary amides is 1. The second kappa shape index (κ2) is 26.3. The van der Waals surface area contributed by atoms with Gasteiger partial charge in [-0.25, -0.2) is 19.2 Å². The number of nitrogens with two attached hydrogens (primary N) is 1. The van der Waals surface area contributed by atoms with E-state index in [4.69, 9.17) is 26.4 Å². The van der Waals surface area contributed by atoms with Crippen LogP contribution in [0.3, 0.4) is 0 Å². The molecule has 3 atom stereocenters. The molecule has 0 aliphatic heterocycles. The molecule has 0 saturated heterocycles. The fraction of sp³-hybridized carbons (Fsp3) is 0.460. The van der Waals surface area contributed by atoms with Crippen molar-refractivity contribution in [3.63, 3.8) is 0 Å². The number of anilines is 1. The van der Waals surface area contributed by atoms with Gasteiger partial charge in [-0.2, -0.15) is 0 Å². The van der Waals surface area contributed by atoms with E-state index in [0.29, 0.717) is 29.7 Å². The molecule has 9 N–H and O–H groups in total. The highest BCUT2D eigenvalue weighted by Crippen LogP contribution is 2.44. The smallest absolute Gasteiger partial charge is 0.409 e. The average molecular weight is 955 g/mol. The number of alkyl carbamates (subject to hydrolysis) is 2. The predicted octanol–water partition coefficient (Wildman–Crippen LogP) is 5.00. The Morgan fingerprint density at radius 1 is 0.768 bits per heavy atom. The van der Waals surface area contributed by atoms with Gasteiger partial charge in [0.2, 0.25) is 17.7 Å². The first-order valence-corrected chi connectivity index (χ1v) is 22.9. The predicted molar refractivity (Wildman–Crippen MR) is 258 cm³/mol. The second-order valence-corrected chi connectivity index (χ2v) is 17.9. The van der Waals surface area contributed by atoms with Gasteiger partial charge in [-0.3, -0.25) is 14.4 Å². The summed E-state index contributed by atoms with van der Waals surface area (Å²) in [5.41, 5.74) is 10.2. The number of nitrogens with one attached hydrogen (secondary N) is 6. The summed E-state index contributed by atoms with van der Waals surface area (Å²) in [5.74, 6) is -0.544. The third-order valence-corrected chi connectivity index (χ3v) is 11.0. The maximum Gasteiger partial charge on any atom is 0.409 e. The molecular weight excluding hydrogens is 889 g/mol. The van der Waals surface area contributed by atoms with E-state index in [1.807, 2.05) is 48.5 Å². The summed E-state index contributed by atoms with van der Waals surface area (Å²) in [4.78, 5) is 92.5. The van der Waals surface area contributed by atoms with Gasteiger partial charge < -0.3 is 61.9 Å². The molecule has 0 unspecified atom stereocenters. The van der Waals surface area contributed by atoms with Gasteiger partial charge in [0.15, 0.2) is 6.61 Å². The number of benzene rings is 3. The standard InChI is InChI=1S/C50H66N8O11/c1-8-26-67-48(65)56-41(20-13-14-24-53-47(64)69-50(4,5)6)44(61)57-42(31(2)3)45(62)55-40(21-15-25-52-46(51)63)43(60)54-34-23-22-32(29-59)33(27-34)28-58(7)49(66)68-30-39-37-18-11-9-16-35(37)36-17-10-12-19-38(36)39/h1,9-12,16-19,22-23,27,31,39-42,59H,13-15,20-21,24-26,28-30H2,2-7H3,(H,53,64)(H,54,60)(H,55,62)(H,56,65)(H,57,61)(H3,51,52,63)/t40-,41-,42-/m0/s1. The van der Waals surface area contributed by atoms with Crippen LogP contribution in [0.15, 0.2) is 66.7 Å². The first kappa shape index (κ1) is 54.3. The van der Waals surface area contributed by atoms with Gasteiger partial charge in [0.25, 0.3) is 0 Å². The molecule has 0 fully saturated rings. The minimum atomic E-state index is -1.19. The van der Waals surface area contributed by atoms with Crippen LogP contribution in [0.5, 0.6) is 0 Å². The van der Waals surface area contributed by atoms with Gasteiger partial charge >= 0.3 is 24.3 Å². The number of nitrogens with zero attached hydrogens (tertiary/aromatic N) is 1. The third-order valence-electron chi connectivity index (χ3n) is 11.0. The van der Waals surface area contributed by atoms with Crippen molar-refractivity contribution in [2.45, 2.75) is 110 Å². The number of terminal acetylenes is 1. The number of aliphatic hydroxyl groups excluding tert-OH is 1. The number of ether oxygens (including phenoxy) is 3. The number of hydrogen-bond acceptors (Lipinski definition) is 11. The first-order chi connectivity index (χ1) is 32.8. The van der Waals surface area contributed by atoms with Crippen molar-refractivity contribution >= 4 is 47.7 Å². The van der Waals surface area contributed by atoms with Crippen molar-refractivity contribution in [1.29, 1.82) is 0 Å². The molecule has 19 nitrogen and oxygen atoms in total. The summed E-state index contributed by atoms with van der Waals surface area (Å²) >= 11 is 0. The van der Waals surface area contributed by atoms with Crippen LogP contribution in [0.4, 0.5) is 24.9 Å². The molecule has 0 heterocycles. The van der Waals surface area contributed by atoms with E-state index in [1.54, 1.807) is 59.9 Å². The van der Waals surface area contributed by atoms with Crippen LogP contribution in [-0.4, -0.2) is 109 Å². The number of amides is 8. The molecule has 0 spiro atoms. The molecule has 0 aromatic heterocycles. The molecule has 1 aliphatic carbocycles. The van der Waals surface area contributed by atoms with Crippen LogP contribution in [0.2, 0.25) is 0 Å². The normalized spacial score (nSPS) is 13.0. The Morgan fingerprint density at radius 3 is 2.00 bits per heavy atom. The number of hydrogen-bond donors (Lipinski definition) is 8. The Balaban J connectivity index is 1.44. The number of unbranched alkanes of at least 4 members (excludes halogenated alkanes) is 1. The van der Waals surface area contributed by atoms with E-state index in [0.717, 1.165) is 22.3 Å². The van der Waals surface area contributed by atoms with Gasteiger partial charge in [0.05, 0.1) is 6.61 Å². The molecule has 1 aliphatic rings. The lowest BCUT2D eigenvalue weighted by Crippen LogP contribution is -2.57. The lowest BCUT2D eigenvalue weighted by atomic mass is 9.98. The van der Waals surface area contributed by atoms with E-state index >= 15 is 0 Å². The van der Waals surface area contributed by atoms with Crippen LogP contribution in [0.1, 0.15) is 94.9 Å². The largest absolute Gasteiger partial charge is 0.448 e. The summed E-state index contributed by atoms with van der Waals surface area (Å²) < 4.78 is 16.0. The Labute approximate surface area is 403 Å². The number of aliphatic hydroxyl groups is 1. The lowest BCUT2D eigenvalue weighted by molar-refractivity contribution is -0.132. The Bertz CT molecular complexity index is 2280. The van der Waals surface area contributed by atoms with Gasteiger partial charge in [-0.1, -0.05) is 74.4 Å². The molecule has 8 amide bonds. The average Bonchev–Trinajstić information content (AvgIpc) is 3.62. The van der Waals surface area contributed by atoms with E-state index in [9.17, 15) is 38.7 Å². The first-order valence-electron chi connectivity index (χ1n) is 22.9. The highest BCUT2D eigenvalue weighted by atomic mass is 16.6. The molecule has 4 rings (SSSR count). The minimum absolute atomic E-state index is 0.0193. The summed E-state index contributed by atoms with van der Waals surface area (Å²) in [6, 6.07) is 16.5.